The van der Waals surface area contributed by atoms with Crippen molar-refractivity contribution < 1.29 is 20.1 Å². The van der Waals surface area contributed by atoms with Crippen molar-refractivity contribution >= 4 is 11.8 Å². The molecule has 7 heteroatoms. The molecule has 96 valence electrons. The molecule has 1 aromatic heterocycles. The molecular formula is C11H12N2O4S. The van der Waals surface area contributed by atoms with Crippen LogP contribution in [0.2, 0.25) is 0 Å². The zero-order valence-corrected chi connectivity index (χ0v) is 10.1. The van der Waals surface area contributed by atoms with Crippen molar-refractivity contribution in [3.05, 3.63) is 24.0 Å². The van der Waals surface area contributed by atoms with Gasteiger partial charge in [-0.3, -0.25) is 4.98 Å². The molecule has 0 spiro atoms. The Hall–Kier alpha value is -1.33. The fraction of sp³-hybridized carbons (Fsp3) is 0.455. The van der Waals surface area contributed by atoms with Crippen LogP contribution in [0.3, 0.4) is 0 Å². The van der Waals surface area contributed by atoms with Gasteiger partial charge in [-0.05, 0) is 0 Å². The average Bonchev–Trinajstić information content (AvgIpc) is 2.40. The van der Waals surface area contributed by atoms with Crippen LogP contribution in [-0.2, 0) is 0 Å². The fourth-order valence-corrected chi connectivity index (χ4v) is 2.68. The first-order valence-electron chi connectivity index (χ1n) is 5.29. The predicted octanol–water partition coefficient (Wildman–Crippen LogP) is -0.512. The highest BCUT2D eigenvalue weighted by Gasteiger charge is 2.38. The molecule has 1 saturated heterocycles. The van der Waals surface area contributed by atoms with Crippen LogP contribution in [0.1, 0.15) is 5.56 Å². The Bertz CT molecular complexity index is 465. The topological polar surface area (TPSA) is 107 Å². The maximum atomic E-state index is 9.75. The number of hydrogen-bond donors (Lipinski definition) is 3. The molecule has 4 atom stereocenters. The smallest absolute Gasteiger partial charge is 0.173 e. The number of pyridine rings is 1. The minimum Gasteiger partial charge on any atom is -0.475 e. The maximum Gasteiger partial charge on any atom is 0.173 e. The highest BCUT2D eigenvalue weighted by molar-refractivity contribution is 7.99. The number of thioether (sulfide) groups is 1. The molecular weight excluding hydrogens is 256 g/mol. The molecule has 1 fully saturated rings. The average molecular weight is 268 g/mol. The van der Waals surface area contributed by atoms with Gasteiger partial charge >= 0.3 is 0 Å². The molecule has 0 saturated carbocycles. The van der Waals surface area contributed by atoms with Crippen LogP contribution >= 0.6 is 11.8 Å². The molecule has 1 aliphatic heterocycles. The van der Waals surface area contributed by atoms with Gasteiger partial charge in [0, 0.05) is 18.0 Å². The van der Waals surface area contributed by atoms with Crippen LogP contribution in [0.5, 0.6) is 5.75 Å². The van der Waals surface area contributed by atoms with Gasteiger partial charge in [-0.15, -0.1) is 11.8 Å². The minimum absolute atomic E-state index is 0.272. The van der Waals surface area contributed by atoms with E-state index in [-0.39, 0.29) is 5.75 Å². The Kier molecular flexibility index (Phi) is 4.04. The van der Waals surface area contributed by atoms with E-state index in [1.54, 1.807) is 0 Å². The summed E-state index contributed by atoms with van der Waals surface area (Å²) in [7, 11) is 0. The van der Waals surface area contributed by atoms with E-state index in [2.05, 4.69) is 4.98 Å². The summed E-state index contributed by atoms with van der Waals surface area (Å²) in [5.41, 5.74) is -0.345. The fourth-order valence-electron chi connectivity index (χ4n) is 1.56. The molecule has 3 N–H and O–H groups in total. The van der Waals surface area contributed by atoms with Gasteiger partial charge < -0.3 is 20.1 Å². The van der Waals surface area contributed by atoms with Crippen LogP contribution in [0.25, 0.3) is 0 Å². The van der Waals surface area contributed by atoms with Crippen LogP contribution < -0.4 is 4.74 Å². The van der Waals surface area contributed by atoms with E-state index in [1.807, 2.05) is 6.07 Å². The molecule has 2 heterocycles. The standard InChI is InChI=1S/C11H12N2O4S/c12-2-6-1-7(4-13-3-6)17-11-10(16)9(15)8(14)5-18-11/h1,3-4,8-11,14-16H,5H2/t8-,9+,10-,11-/m1/s1. The quantitative estimate of drug-likeness (QED) is 0.663. The Labute approximate surface area is 108 Å². The minimum atomic E-state index is -1.23. The largest absolute Gasteiger partial charge is 0.475 e. The van der Waals surface area contributed by atoms with E-state index in [0.717, 1.165) is 0 Å². The number of rotatable bonds is 2. The Morgan fingerprint density at radius 3 is 2.83 bits per heavy atom. The predicted molar refractivity (Wildman–Crippen MR) is 63.8 cm³/mol. The third-order valence-corrected chi connectivity index (χ3v) is 3.79. The lowest BCUT2D eigenvalue weighted by Gasteiger charge is -2.34. The van der Waals surface area contributed by atoms with Gasteiger partial charge in [0.25, 0.3) is 0 Å². The van der Waals surface area contributed by atoms with Gasteiger partial charge in [0.15, 0.2) is 5.44 Å². The van der Waals surface area contributed by atoms with E-state index >= 15 is 0 Å². The van der Waals surface area contributed by atoms with E-state index in [1.165, 1.54) is 30.2 Å². The van der Waals surface area contributed by atoms with Crippen molar-refractivity contribution in [1.82, 2.24) is 4.98 Å². The summed E-state index contributed by atoms with van der Waals surface area (Å²) in [6, 6.07) is 3.43. The second kappa shape index (κ2) is 5.54. The molecule has 0 radical (unpaired) electrons. The first kappa shape index (κ1) is 13.1. The third-order valence-electron chi connectivity index (χ3n) is 2.55. The molecule has 1 aliphatic rings. The first-order valence-corrected chi connectivity index (χ1v) is 6.34. The summed E-state index contributed by atoms with van der Waals surface area (Å²) in [4.78, 5) is 3.83. The summed E-state index contributed by atoms with van der Waals surface area (Å²) < 4.78 is 5.46. The molecule has 0 bridgehead atoms. The van der Waals surface area contributed by atoms with Crippen LogP contribution in [0.15, 0.2) is 18.5 Å². The number of aromatic nitrogens is 1. The van der Waals surface area contributed by atoms with Crippen molar-refractivity contribution in [3.8, 4) is 11.8 Å². The normalized spacial score (nSPS) is 31.7. The summed E-state index contributed by atoms with van der Waals surface area (Å²) in [5, 5.41) is 37.4. The maximum absolute atomic E-state index is 9.75. The van der Waals surface area contributed by atoms with E-state index < -0.39 is 23.7 Å². The van der Waals surface area contributed by atoms with Crippen molar-refractivity contribution in [2.75, 3.05) is 5.75 Å². The van der Waals surface area contributed by atoms with Gasteiger partial charge in [-0.1, -0.05) is 0 Å². The molecule has 1 aromatic rings. The third kappa shape index (κ3) is 2.73. The SMILES string of the molecule is N#Cc1cncc(O[C@@H]2SC[C@@H](O)[C@H](O)[C@H]2O)c1. The molecule has 2 rings (SSSR count). The Morgan fingerprint density at radius 2 is 2.11 bits per heavy atom. The zero-order chi connectivity index (χ0) is 13.1. The number of aliphatic hydroxyl groups is 3. The summed E-state index contributed by atoms with van der Waals surface area (Å²) in [6.07, 6.45) is -0.567. The van der Waals surface area contributed by atoms with Crippen LogP contribution in [0, 0.1) is 11.3 Å². The van der Waals surface area contributed by atoms with E-state index in [0.29, 0.717) is 11.3 Å². The first-order chi connectivity index (χ1) is 8.61. The molecule has 0 unspecified atom stereocenters. The van der Waals surface area contributed by atoms with Crippen LogP contribution in [0.4, 0.5) is 0 Å². The second-order valence-electron chi connectivity index (χ2n) is 3.89. The molecule has 0 aromatic carbocycles. The number of aliphatic hydroxyl groups excluding tert-OH is 3. The summed E-state index contributed by atoms with van der Waals surface area (Å²) in [5.74, 6) is 0.614. The lowest BCUT2D eigenvalue weighted by Crippen LogP contribution is -2.50. The zero-order valence-electron chi connectivity index (χ0n) is 9.30. The summed E-state index contributed by atoms with van der Waals surface area (Å²) in [6.45, 7) is 0. The van der Waals surface area contributed by atoms with Gasteiger partial charge in [0.05, 0.1) is 17.9 Å². The lowest BCUT2D eigenvalue weighted by molar-refractivity contribution is -0.0786. The van der Waals surface area contributed by atoms with Crippen molar-refractivity contribution in [2.24, 2.45) is 0 Å². The molecule has 6 nitrogen and oxygen atoms in total. The van der Waals surface area contributed by atoms with E-state index in [4.69, 9.17) is 10.00 Å². The van der Waals surface area contributed by atoms with Crippen LogP contribution in [-0.4, -0.2) is 49.8 Å². The van der Waals surface area contributed by atoms with Crippen molar-refractivity contribution in [3.63, 3.8) is 0 Å². The number of nitriles is 1. The van der Waals surface area contributed by atoms with Gasteiger partial charge in [0.1, 0.15) is 24.0 Å². The Morgan fingerprint density at radius 1 is 1.33 bits per heavy atom. The highest BCUT2D eigenvalue weighted by atomic mass is 32.2. The Balaban J connectivity index is 2.07. The number of hydrogen-bond acceptors (Lipinski definition) is 7. The van der Waals surface area contributed by atoms with Crippen molar-refractivity contribution in [2.45, 2.75) is 23.7 Å². The molecule has 0 amide bonds. The number of ether oxygens (including phenoxy) is 1. The number of nitrogens with zero attached hydrogens (tertiary/aromatic N) is 2. The molecule has 18 heavy (non-hydrogen) atoms. The highest BCUT2D eigenvalue weighted by Crippen LogP contribution is 2.29. The molecule has 0 aliphatic carbocycles. The van der Waals surface area contributed by atoms with Gasteiger partial charge in [-0.2, -0.15) is 5.26 Å². The van der Waals surface area contributed by atoms with Gasteiger partial charge in [0.2, 0.25) is 0 Å². The second-order valence-corrected chi connectivity index (χ2v) is 5.02. The lowest BCUT2D eigenvalue weighted by atomic mass is 10.1. The monoisotopic (exact) mass is 268 g/mol. The van der Waals surface area contributed by atoms with E-state index in [9.17, 15) is 15.3 Å². The van der Waals surface area contributed by atoms with Gasteiger partial charge in [-0.25, -0.2) is 0 Å². The summed E-state index contributed by atoms with van der Waals surface area (Å²) >= 11 is 1.20. The van der Waals surface area contributed by atoms with Crippen molar-refractivity contribution in [1.29, 1.82) is 5.26 Å².